The van der Waals surface area contributed by atoms with Gasteiger partial charge >= 0.3 is 11.8 Å². The van der Waals surface area contributed by atoms with E-state index in [-0.39, 0.29) is 26.1 Å². The highest BCUT2D eigenvalue weighted by Crippen LogP contribution is 2.25. The van der Waals surface area contributed by atoms with E-state index in [0.29, 0.717) is 11.1 Å². The van der Waals surface area contributed by atoms with Crippen LogP contribution in [0.2, 0.25) is 0 Å². The molecule has 0 unspecified atom stereocenters. The Morgan fingerprint density at radius 3 is 2.55 bits per heavy atom. The van der Waals surface area contributed by atoms with Gasteiger partial charge in [0.2, 0.25) is 0 Å². The molecular weight excluding hydrogens is 516 g/mol. The first-order valence-corrected chi connectivity index (χ1v) is 13.0. The summed E-state index contributed by atoms with van der Waals surface area (Å²) < 4.78 is 17.7. The lowest BCUT2D eigenvalue weighted by molar-refractivity contribution is -0.135. The summed E-state index contributed by atoms with van der Waals surface area (Å²) in [5.74, 6) is -0.988. The van der Waals surface area contributed by atoms with Crippen LogP contribution >= 0.6 is 0 Å². The molecule has 212 valence electrons. The maximum atomic E-state index is 13.1. The molecule has 2 aromatic carbocycles. The Morgan fingerprint density at radius 1 is 1.23 bits per heavy atom. The van der Waals surface area contributed by atoms with Crippen LogP contribution in [-0.2, 0) is 27.7 Å². The third-order valence-corrected chi connectivity index (χ3v) is 6.45. The van der Waals surface area contributed by atoms with Crippen molar-refractivity contribution in [1.82, 2.24) is 14.8 Å². The third kappa shape index (κ3) is 6.89. The van der Waals surface area contributed by atoms with Crippen molar-refractivity contribution < 1.29 is 28.6 Å². The lowest BCUT2D eigenvalue weighted by atomic mass is 10.0. The van der Waals surface area contributed by atoms with Crippen molar-refractivity contribution >= 4 is 23.1 Å². The molecule has 3 atom stereocenters. The van der Waals surface area contributed by atoms with E-state index in [0.717, 1.165) is 16.7 Å². The van der Waals surface area contributed by atoms with E-state index < -0.39 is 41.1 Å². The number of rotatable bonds is 5. The second kappa shape index (κ2) is 11.2. The molecule has 3 aromatic rings. The van der Waals surface area contributed by atoms with Crippen LogP contribution in [0.1, 0.15) is 33.3 Å². The standard InChI is InChI=1S/C29H34N4O7/c1-28(2,3)40-27(36)33-15-24(38-17-29(4,37)16-33)25(34)31-21(14-30)12-18-6-8-19(9-7-18)20-10-11-23-22(13-20)32(5)26(35)39-23/h6-11,13,21,24,37H,12,15-17H2,1-5H3,(H,31,34)/t21-,24-,29+/m0/s1. The van der Waals surface area contributed by atoms with Crippen molar-refractivity contribution in [2.45, 2.75) is 57.5 Å². The fourth-order valence-electron chi connectivity index (χ4n) is 4.45. The summed E-state index contributed by atoms with van der Waals surface area (Å²) in [5.41, 5.74) is 1.71. The Bertz CT molecular complexity index is 1490. The van der Waals surface area contributed by atoms with E-state index >= 15 is 0 Å². The fraction of sp³-hybridized carbons (Fsp3) is 0.448. The normalized spacial score (nSPS) is 20.4. The molecule has 2 N–H and O–H groups in total. The zero-order valence-electron chi connectivity index (χ0n) is 23.3. The molecule has 1 saturated heterocycles. The molecular formula is C29H34N4O7. The maximum absolute atomic E-state index is 13.1. The van der Waals surface area contributed by atoms with Crippen LogP contribution in [0.5, 0.6) is 0 Å². The van der Waals surface area contributed by atoms with Gasteiger partial charge in [-0.25, -0.2) is 9.59 Å². The van der Waals surface area contributed by atoms with Gasteiger partial charge in [0.1, 0.15) is 17.2 Å². The van der Waals surface area contributed by atoms with Gasteiger partial charge in [-0.15, -0.1) is 0 Å². The molecule has 2 heterocycles. The van der Waals surface area contributed by atoms with Crippen LogP contribution in [0.4, 0.5) is 4.79 Å². The van der Waals surface area contributed by atoms with Gasteiger partial charge in [0.05, 0.1) is 31.3 Å². The molecule has 1 aliphatic heterocycles. The lowest BCUT2D eigenvalue weighted by Gasteiger charge is -2.30. The highest BCUT2D eigenvalue weighted by molar-refractivity contribution is 5.83. The molecule has 0 radical (unpaired) electrons. The second-order valence-electron chi connectivity index (χ2n) is 11.4. The highest BCUT2D eigenvalue weighted by atomic mass is 16.6. The Labute approximate surface area is 231 Å². The highest BCUT2D eigenvalue weighted by Gasteiger charge is 2.38. The number of benzene rings is 2. The van der Waals surface area contributed by atoms with E-state index in [1.165, 1.54) is 16.4 Å². The zero-order chi connectivity index (χ0) is 29.2. The van der Waals surface area contributed by atoms with Gasteiger partial charge in [-0.1, -0.05) is 30.3 Å². The number of oxazole rings is 1. The number of aliphatic hydroxyl groups is 1. The predicted octanol–water partition coefficient (Wildman–Crippen LogP) is 2.74. The first-order valence-electron chi connectivity index (χ1n) is 13.0. The molecule has 0 spiro atoms. The summed E-state index contributed by atoms with van der Waals surface area (Å²) in [4.78, 5) is 38.8. The third-order valence-electron chi connectivity index (χ3n) is 6.45. The number of aryl methyl sites for hydroxylation is 1. The molecule has 0 aliphatic carbocycles. The molecule has 40 heavy (non-hydrogen) atoms. The van der Waals surface area contributed by atoms with Crippen LogP contribution in [-0.4, -0.2) is 69.6 Å². The van der Waals surface area contributed by atoms with Crippen molar-refractivity contribution in [1.29, 1.82) is 5.26 Å². The van der Waals surface area contributed by atoms with E-state index in [9.17, 15) is 24.8 Å². The Hall–Kier alpha value is -4.14. The quantitative estimate of drug-likeness (QED) is 0.493. The summed E-state index contributed by atoms with van der Waals surface area (Å²) in [5, 5.41) is 23.0. The molecule has 4 rings (SSSR count). The smallest absolute Gasteiger partial charge is 0.419 e. The number of carbonyl (C=O) groups is 2. The Morgan fingerprint density at radius 2 is 1.90 bits per heavy atom. The topological polar surface area (TPSA) is 147 Å². The predicted molar refractivity (Wildman–Crippen MR) is 146 cm³/mol. The number of carbonyl (C=O) groups excluding carboxylic acids is 2. The van der Waals surface area contributed by atoms with E-state index in [2.05, 4.69) is 11.4 Å². The summed E-state index contributed by atoms with van der Waals surface area (Å²) in [6.07, 6.45) is -1.51. The number of fused-ring (bicyclic) bond motifs is 1. The van der Waals surface area contributed by atoms with Gasteiger partial charge in [0.15, 0.2) is 11.7 Å². The number of amides is 2. The monoisotopic (exact) mass is 550 g/mol. The van der Waals surface area contributed by atoms with Gasteiger partial charge in [0, 0.05) is 13.5 Å². The number of nitriles is 1. The SMILES string of the molecule is Cn1c(=O)oc2ccc(-c3ccc(C[C@@H](C#N)NC(=O)[C@@H]4CN(C(=O)OC(C)(C)C)C[C@@](C)(O)CO4)cc3)cc21. The lowest BCUT2D eigenvalue weighted by Crippen LogP contribution is -2.49. The molecule has 1 aliphatic rings. The van der Waals surface area contributed by atoms with Gasteiger partial charge in [-0.3, -0.25) is 9.36 Å². The van der Waals surface area contributed by atoms with E-state index in [1.807, 2.05) is 36.4 Å². The van der Waals surface area contributed by atoms with Crippen molar-refractivity contribution in [3.8, 4) is 17.2 Å². The number of hydrogen-bond acceptors (Lipinski definition) is 8. The molecule has 0 saturated carbocycles. The number of β-amino-alcohol motifs (C(OH)–C–C–N with tert-alkyl or cyclic N) is 1. The van der Waals surface area contributed by atoms with Crippen LogP contribution in [0, 0.1) is 11.3 Å². The summed E-state index contributed by atoms with van der Waals surface area (Å²) >= 11 is 0. The Balaban J connectivity index is 1.42. The minimum atomic E-state index is -1.38. The summed E-state index contributed by atoms with van der Waals surface area (Å²) in [6, 6.07) is 14.3. The van der Waals surface area contributed by atoms with Crippen LogP contribution in [0.15, 0.2) is 51.7 Å². The van der Waals surface area contributed by atoms with Crippen molar-refractivity contribution in [3.63, 3.8) is 0 Å². The zero-order valence-corrected chi connectivity index (χ0v) is 23.3. The first-order chi connectivity index (χ1) is 18.7. The minimum Gasteiger partial charge on any atom is -0.444 e. The molecule has 1 fully saturated rings. The first kappa shape index (κ1) is 28.9. The largest absolute Gasteiger partial charge is 0.444 e. The average Bonchev–Trinajstić information content (AvgIpc) is 3.05. The summed E-state index contributed by atoms with van der Waals surface area (Å²) in [6.45, 7) is 6.34. The number of nitrogens with zero attached hydrogens (tertiary/aromatic N) is 3. The number of hydrogen-bond donors (Lipinski definition) is 2. The number of ether oxygens (including phenoxy) is 2. The minimum absolute atomic E-state index is 0.0659. The second-order valence-corrected chi connectivity index (χ2v) is 11.4. The van der Waals surface area contributed by atoms with Crippen LogP contribution in [0.3, 0.4) is 0 Å². The van der Waals surface area contributed by atoms with Crippen molar-refractivity contribution in [2.75, 3.05) is 19.7 Å². The van der Waals surface area contributed by atoms with Crippen LogP contribution in [0.25, 0.3) is 22.2 Å². The van der Waals surface area contributed by atoms with Crippen molar-refractivity contribution in [2.24, 2.45) is 7.05 Å². The van der Waals surface area contributed by atoms with Gasteiger partial charge in [0.25, 0.3) is 5.91 Å². The fourth-order valence-corrected chi connectivity index (χ4v) is 4.45. The van der Waals surface area contributed by atoms with Gasteiger partial charge < -0.3 is 29.2 Å². The van der Waals surface area contributed by atoms with Crippen LogP contribution < -0.4 is 11.1 Å². The summed E-state index contributed by atoms with van der Waals surface area (Å²) in [7, 11) is 1.65. The number of aromatic nitrogens is 1. The molecule has 2 amide bonds. The van der Waals surface area contributed by atoms with Gasteiger partial charge in [-0.2, -0.15) is 5.26 Å². The molecule has 11 nitrogen and oxygen atoms in total. The molecule has 1 aromatic heterocycles. The molecule has 0 bridgehead atoms. The number of nitrogens with one attached hydrogen (secondary N) is 1. The van der Waals surface area contributed by atoms with Gasteiger partial charge in [-0.05, 0) is 56.5 Å². The molecule has 11 heteroatoms. The Kier molecular flexibility index (Phi) is 8.05. The average molecular weight is 551 g/mol. The van der Waals surface area contributed by atoms with E-state index in [1.54, 1.807) is 33.9 Å². The van der Waals surface area contributed by atoms with Crippen molar-refractivity contribution in [3.05, 3.63) is 58.6 Å². The van der Waals surface area contributed by atoms with E-state index in [4.69, 9.17) is 13.9 Å². The maximum Gasteiger partial charge on any atom is 0.419 e.